The third-order valence-electron chi connectivity index (χ3n) is 5.81. The minimum Gasteiger partial charge on any atom is -0.372 e. The molecule has 0 aliphatic heterocycles. The SMILES string of the molecule is Cc1cc(N(C)C2CCC(NC(=O)c3cnc(C(C)C)cn3)CC2)ccc1C#N.[HH]. The number of rotatable bonds is 5. The van der Waals surface area contributed by atoms with E-state index in [0.717, 1.165) is 48.2 Å². The van der Waals surface area contributed by atoms with Crippen LogP contribution in [0.5, 0.6) is 0 Å². The summed E-state index contributed by atoms with van der Waals surface area (Å²) in [4.78, 5) is 23.4. The number of amides is 1. The van der Waals surface area contributed by atoms with Crippen LogP contribution < -0.4 is 10.2 Å². The molecule has 29 heavy (non-hydrogen) atoms. The average Bonchev–Trinajstić information content (AvgIpc) is 2.73. The van der Waals surface area contributed by atoms with Gasteiger partial charge in [0.1, 0.15) is 5.69 Å². The molecular weight excluding hydrogens is 362 g/mol. The van der Waals surface area contributed by atoms with Crippen molar-refractivity contribution >= 4 is 11.6 Å². The lowest BCUT2D eigenvalue weighted by Gasteiger charge is -2.36. The molecule has 0 radical (unpaired) electrons. The van der Waals surface area contributed by atoms with Crippen molar-refractivity contribution in [2.75, 3.05) is 11.9 Å². The van der Waals surface area contributed by atoms with Gasteiger partial charge in [-0.1, -0.05) is 13.8 Å². The van der Waals surface area contributed by atoms with Crippen LogP contribution in [0.25, 0.3) is 0 Å². The molecule has 0 bridgehead atoms. The lowest BCUT2D eigenvalue weighted by Crippen LogP contribution is -2.43. The lowest BCUT2D eigenvalue weighted by atomic mass is 9.90. The van der Waals surface area contributed by atoms with Gasteiger partial charge in [-0.25, -0.2) is 4.98 Å². The second-order valence-corrected chi connectivity index (χ2v) is 8.18. The van der Waals surface area contributed by atoms with Gasteiger partial charge < -0.3 is 10.2 Å². The fraction of sp³-hybridized carbons (Fsp3) is 0.478. The fourth-order valence-corrected chi connectivity index (χ4v) is 3.82. The molecule has 1 aromatic heterocycles. The Balaban J connectivity index is 0.00000320. The van der Waals surface area contributed by atoms with Gasteiger partial charge in [0.2, 0.25) is 0 Å². The van der Waals surface area contributed by atoms with Crippen LogP contribution in [0.4, 0.5) is 5.69 Å². The summed E-state index contributed by atoms with van der Waals surface area (Å²) in [7, 11) is 2.11. The maximum atomic E-state index is 12.5. The van der Waals surface area contributed by atoms with E-state index in [0.29, 0.717) is 17.7 Å². The van der Waals surface area contributed by atoms with Crippen LogP contribution in [-0.4, -0.2) is 35.0 Å². The highest BCUT2D eigenvalue weighted by Crippen LogP contribution is 2.28. The number of carbonyl (C=O) groups excluding carboxylic acids is 1. The number of hydrogen-bond acceptors (Lipinski definition) is 5. The molecule has 6 nitrogen and oxygen atoms in total. The van der Waals surface area contributed by atoms with Gasteiger partial charge in [0.25, 0.3) is 5.91 Å². The van der Waals surface area contributed by atoms with Gasteiger partial charge >= 0.3 is 0 Å². The minimum atomic E-state index is -0.146. The smallest absolute Gasteiger partial charge is 0.271 e. The molecule has 1 fully saturated rings. The van der Waals surface area contributed by atoms with E-state index in [9.17, 15) is 4.79 Å². The Hall–Kier alpha value is -2.94. The summed E-state index contributed by atoms with van der Waals surface area (Å²) in [6.45, 7) is 6.08. The number of nitriles is 1. The largest absolute Gasteiger partial charge is 0.372 e. The Labute approximate surface area is 174 Å². The first-order valence-corrected chi connectivity index (χ1v) is 10.3. The standard InChI is InChI=1S/C23H29N5O.H2/c1-15(2)21-13-26-22(14-25-21)23(29)27-18-6-9-19(10-7-18)28(4)20-8-5-17(12-24)16(3)11-20;/h5,8,11,13-15,18-19H,6-7,9-10H2,1-4H3,(H,27,29);1H. The van der Waals surface area contributed by atoms with Crippen molar-refractivity contribution in [3.8, 4) is 6.07 Å². The number of hydrogen-bond donors (Lipinski definition) is 1. The molecule has 0 unspecified atom stereocenters. The lowest BCUT2D eigenvalue weighted by molar-refractivity contribution is 0.0920. The van der Waals surface area contributed by atoms with E-state index in [1.54, 1.807) is 12.4 Å². The monoisotopic (exact) mass is 393 g/mol. The Morgan fingerprint density at radius 1 is 1.24 bits per heavy atom. The van der Waals surface area contributed by atoms with Crippen molar-refractivity contribution in [3.63, 3.8) is 0 Å². The molecule has 0 saturated heterocycles. The number of nitrogens with one attached hydrogen (secondary N) is 1. The molecule has 154 valence electrons. The molecule has 0 spiro atoms. The highest BCUT2D eigenvalue weighted by Gasteiger charge is 2.26. The van der Waals surface area contributed by atoms with Crippen LogP contribution in [0.1, 0.15) is 74.2 Å². The van der Waals surface area contributed by atoms with E-state index < -0.39 is 0 Å². The summed E-state index contributed by atoms with van der Waals surface area (Å²) in [5.41, 5.74) is 4.12. The van der Waals surface area contributed by atoms with Crippen LogP contribution in [0.2, 0.25) is 0 Å². The minimum absolute atomic E-state index is 0. The third-order valence-corrected chi connectivity index (χ3v) is 5.81. The molecule has 1 aliphatic carbocycles. The van der Waals surface area contributed by atoms with Gasteiger partial charge in [0, 0.05) is 32.4 Å². The van der Waals surface area contributed by atoms with E-state index in [1.165, 1.54) is 0 Å². The molecule has 0 atom stereocenters. The van der Waals surface area contributed by atoms with Crippen molar-refractivity contribution in [2.45, 2.75) is 64.5 Å². The topological polar surface area (TPSA) is 81.9 Å². The van der Waals surface area contributed by atoms with Gasteiger partial charge in [-0.2, -0.15) is 5.26 Å². The predicted molar refractivity (Wildman–Crippen MR) is 116 cm³/mol. The molecule has 1 aliphatic rings. The highest BCUT2D eigenvalue weighted by atomic mass is 16.1. The van der Waals surface area contributed by atoms with Crippen LogP contribution in [0.3, 0.4) is 0 Å². The molecule has 1 aromatic carbocycles. The van der Waals surface area contributed by atoms with Crippen molar-refractivity contribution in [2.24, 2.45) is 0 Å². The van der Waals surface area contributed by atoms with Crippen molar-refractivity contribution in [3.05, 3.63) is 53.1 Å². The zero-order valence-corrected chi connectivity index (χ0v) is 17.6. The molecular formula is C23H31N5O. The van der Waals surface area contributed by atoms with E-state index in [4.69, 9.17) is 5.26 Å². The van der Waals surface area contributed by atoms with Crippen LogP contribution in [0, 0.1) is 18.3 Å². The summed E-state index contributed by atoms with van der Waals surface area (Å²) in [5.74, 6) is 0.152. The zero-order valence-electron chi connectivity index (χ0n) is 17.6. The molecule has 6 heteroatoms. The van der Waals surface area contributed by atoms with E-state index in [2.05, 4.69) is 53.2 Å². The Morgan fingerprint density at radius 3 is 2.52 bits per heavy atom. The zero-order chi connectivity index (χ0) is 21.0. The quantitative estimate of drug-likeness (QED) is 0.823. The van der Waals surface area contributed by atoms with E-state index in [1.807, 2.05) is 19.1 Å². The second kappa shape index (κ2) is 9.04. The first-order valence-electron chi connectivity index (χ1n) is 10.3. The molecule has 1 heterocycles. The summed E-state index contributed by atoms with van der Waals surface area (Å²) in [5, 5.41) is 12.2. The first-order chi connectivity index (χ1) is 13.9. The molecule has 3 rings (SSSR count). The van der Waals surface area contributed by atoms with Gasteiger partial charge in [-0.3, -0.25) is 9.78 Å². The fourth-order valence-electron chi connectivity index (χ4n) is 3.82. The second-order valence-electron chi connectivity index (χ2n) is 8.18. The number of benzene rings is 1. The van der Waals surface area contributed by atoms with Crippen molar-refractivity contribution in [1.82, 2.24) is 15.3 Å². The van der Waals surface area contributed by atoms with Gasteiger partial charge in [-0.15, -0.1) is 0 Å². The Morgan fingerprint density at radius 2 is 1.97 bits per heavy atom. The van der Waals surface area contributed by atoms with Crippen LogP contribution >= 0.6 is 0 Å². The van der Waals surface area contributed by atoms with Crippen molar-refractivity contribution < 1.29 is 6.22 Å². The maximum Gasteiger partial charge on any atom is 0.271 e. The average molecular weight is 394 g/mol. The number of anilines is 1. The summed E-state index contributed by atoms with van der Waals surface area (Å²) >= 11 is 0. The van der Waals surface area contributed by atoms with Gasteiger partial charge in [0.15, 0.2) is 0 Å². The van der Waals surface area contributed by atoms with Crippen LogP contribution in [0.15, 0.2) is 30.6 Å². The number of nitrogens with zero attached hydrogens (tertiary/aromatic N) is 4. The third kappa shape index (κ3) is 4.92. The highest BCUT2D eigenvalue weighted by molar-refractivity contribution is 5.92. The molecule has 1 amide bonds. The maximum absolute atomic E-state index is 12.5. The summed E-state index contributed by atoms with van der Waals surface area (Å²) < 4.78 is 0. The summed E-state index contributed by atoms with van der Waals surface area (Å²) in [6, 6.07) is 8.79. The normalized spacial score (nSPS) is 18.9. The summed E-state index contributed by atoms with van der Waals surface area (Å²) in [6.07, 6.45) is 7.15. The van der Waals surface area contributed by atoms with Gasteiger partial charge in [0.05, 0.1) is 23.5 Å². The molecule has 1 N–H and O–H groups in total. The predicted octanol–water partition coefficient (Wildman–Crippen LogP) is 4.20. The Kier molecular flexibility index (Phi) is 6.48. The van der Waals surface area contributed by atoms with Crippen molar-refractivity contribution in [1.29, 1.82) is 5.26 Å². The number of aryl methyl sites for hydroxylation is 1. The Bertz CT molecular complexity index is 899. The molecule has 2 aromatic rings. The number of carbonyl (C=O) groups is 1. The first kappa shape index (κ1) is 20.8. The van der Waals surface area contributed by atoms with Gasteiger partial charge in [-0.05, 0) is 62.3 Å². The van der Waals surface area contributed by atoms with Crippen LogP contribution in [-0.2, 0) is 0 Å². The molecule has 1 saturated carbocycles. The number of aromatic nitrogens is 2. The van der Waals surface area contributed by atoms with E-state index in [-0.39, 0.29) is 13.4 Å². The van der Waals surface area contributed by atoms with E-state index >= 15 is 0 Å².